The van der Waals surface area contributed by atoms with Crippen molar-refractivity contribution in [2.24, 2.45) is 0 Å². The number of hydrogen-bond acceptors (Lipinski definition) is 3. The first-order valence-corrected chi connectivity index (χ1v) is 2.73. The second-order valence-corrected chi connectivity index (χ2v) is 1.77. The molecule has 5 N–H and O–H groups in total. The lowest BCUT2D eigenvalue weighted by atomic mass is 10.3. The van der Waals surface area contributed by atoms with Gasteiger partial charge in [0.05, 0.1) is 0 Å². The van der Waals surface area contributed by atoms with E-state index in [1.54, 1.807) is 0 Å². The molecule has 0 aliphatic heterocycles. The third-order valence-corrected chi connectivity index (χ3v) is 0.915. The third-order valence-electron chi connectivity index (χ3n) is 0.915. The van der Waals surface area contributed by atoms with E-state index >= 15 is 0 Å². The van der Waals surface area contributed by atoms with E-state index in [9.17, 15) is 9.59 Å². The number of nitrogens with one attached hydrogen (secondary N) is 1. The average Bonchev–Trinajstić information content (AvgIpc) is 1.87. The Morgan fingerprint density at radius 2 is 2.09 bits per heavy atom. The Hall–Kier alpha value is -1.36. The Balaban J connectivity index is 0. The Bertz CT molecular complexity index is 167. The van der Waals surface area contributed by atoms with Gasteiger partial charge in [0.2, 0.25) is 5.91 Å². The zero-order chi connectivity index (χ0) is 8.15. The van der Waals surface area contributed by atoms with Crippen molar-refractivity contribution in [2.75, 3.05) is 0 Å². The lowest BCUT2D eigenvalue weighted by molar-refractivity contribution is -0.140. The number of rotatable bonds is 3. The maximum atomic E-state index is 10.4. The molecule has 1 amide bonds. The topological polar surface area (TPSA) is 101 Å². The minimum Gasteiger partial charge on any atom is -0.480 e. The molecule has 0 bridgehead atoms. The first kappa shape index (κ1) is 12.3. The maximum Gasteiger partial charge on any atom is 0.325 e. The predicted octanol–water partition coefficient (Wildman–Crippen LogP) is -0.0763. The Labute approximate surface area is 64.7 Å². The molecule has 0 aliphatic rings. The molecule has 0 saturated carbocycles. The molecule has 5 nitrogen and oxygen atoms in total. The highest BCUT2D eigenvalue weighted by atomic mass is 16.4. The number of carbonyl (C=O) groups excluding carboxylic acids is 1. The van der Waals surface area contributed by atoms with Crippen LogP contribution in [0.25, 0.3) is 0 Å². The molecule has 0 fully saturated rings. The molecule has 0 spiro atoms. The van der Waals surface area contributed by atoms with Gasteiger partial charge >= 0.3 is 5.97 Å². The van der Waals surface area contributed by atoms with Gasteiger partial charge in [-0.3, -0.25) is 9.59 Å². The van der Waals surface area contributed by atoms with E-state index in [1.165, 1.54) is 6.92 Å². The smallest absolute Gasteiger partial charge is 0.325 e. The summed E-state index contributed by atoms with van der Waals surface area (Å²) >= 11 is 0. The zero-order valence-corrected chi connectivity index (χ0v) is 6.33. The van der Waals surface area contributed by atoms with Gasteiger partial charge in [0, 0.05) is 0 Å². The summed E-state index contributed by atoms with van der Waals surface area (Å²) in [4.78, 5) is 20.5. The molecule has 0 heterocycles. The summed E-state index contributed by atoms with van der Waals surface area (Å²) in [5, 5.41) is 10.4. The summed E-state index contributed by atoms with van der Waals surface area (Å²) in [7, 11) is 0. The number of carbonyl (C=O) groups is 2. The van der Waals surface area contributed by atoms with Gasteiger partial charge in [-0.05, 0) is 13.0 Å². The summed E-state index contributed by atoms with van der Waals surface area (Å²) < 4.78 is 0. The minimum absolute atomic E-state index is 0. The quantitative estimate of drug-likeness (QED) is 0.502. The van der Waals surface area contributed by atoms with Crippen molar-refractivity contribution in [1.29, 1.82) is 0 Å². The van der Waals surface area contributed by atoms with Crippen LogP contribution >= 0.6 is 0 Å². The van der Waals surface area contributed by atoms with E-state index in [0.29, 0.717) is 0 Å². The van der Waals surface area contributed by atoms with Gasteiger partial charge in [0.15, 0.2) is 0 Å². The Morgan fingerprint density at radius 3 is 2.36 bits per heavy atom. The van der Waals surface area contributed by atoms with Crippen LogP contribution in [0, 0.1) is 0 Å². The third kappa shape index (κ3) is 5.10. The highest BCUT2D eigenvalue weighted by Gasteiger charge is 2.10. The van der Waals surface area contributed by atoms with E-state index in [4.69, 9.17) is 5.11 Å². The Kier molecular flexibility index (Phi) is 6.08. The average molecular weight is 160 g/mol. The van der Waals surface area contributed by atoms with Gasteiger partial charge in [-0.25, -0.2) is 0 Å². The molecular weight excluding hydrogens is 148 g/mol. The monoisotopic (exact) mass is 160 g/mol. The number of hydrogen-bond donors (Lipinski definition) is 3. The zero-order valence-electron chi connectivity index (χ0n) is 6.33. The predicted molar refractivity (Wildman–Crippen MR) is 40.5 cm³/mol. The van der Waals surface area contributed by atoms with E-state index in [-0.39, 0.29) is 6.15 Å². The van der Waals surface area contributed by atoms with Crippen LogP contribution in [-0.2, 0) is 9.59 Å². The summed E-state index contributed by atoms with van der Waals surface area (Å²) in [6.45, 7) is 4.55. The standard InChI is InChI=1S/C6H9NO3.H3N/c1-3-5(8)7-4(2)6(9)10;/h3-4H,1H2,2H3,(H,7,8)(H,9,10);1H3/t4-;/m0./s1. The second-order valence-electron chi connectivity index (χ2n) is 1.77. The maximum absolute atomic E-state index is 10.4. The number of aliphatic carboxylic acids is 1. The molecule has 0 saturated heterocycles. The molecule has 0 rings (SSSR count). The number of carboxylic acids is 1. The van der Waals surface area contributed by atoms with Crippen LogP contribution in [0.1, 0.15) is 6.92 Å². The first-order chi connectivity index (χ1) is 4.57. The van der Waals surface area contributed by atoms with E-state index < -0.39 is 17.9 Å². The summed E-state index contributed by atoms with van der Waals surface area (Å²) in [5.74, 6) is -1.54. The van der Waals surface area contributed by atoms with Gasteiger partial charge in [0.1, 0.15) is 6.04 Å². The Morgan fingerprint density at radius 1 is 1.64 bits per heavy atom. The fraction of sp³-hybridized carbons (Fsp3) is 0.333. The van der Waals surface area contributed by atoms with Gasteiger partial charge in [-0.15, -0.1) is 0 Å². The van der Waals surface area contributed by atoms with Gasteiger partial charge < -0.3 is 16.6 Å². The molecule has 5 heteroatoms. The van der Waals surface area contributed by atoms with Crippen LogP contribution < -0.4 is 11.5 Å². The summed E-state index contributed by atoms with van der Waals surface area (Å²) in [6, 6.07) is -0.856. The molecule has 0 radical (unpaired) electrons. The van der Waals surface area contributed by atoms with Gasteiger partial charge in [-0.2, -0.15) is 0 Å². The van der Waals surface area contributed by atoms with Crippen molar-refractivity contribution in [1.82, 2.24) is 11.5 Å². The van der Waals surface area contributed by atoms with Crippen molar-refractivity contribution in [3.05, 3.63) is 12.7 Å². The van der Waals surface area contributed by atoms with Gasteiger partial charge in [0.25, 0.3) is 0 Å². The van der Waals surface area contributed by atoms with Crippen molar-refractivity contribution >= 4 is 11.9 Å². The van der Waals surface area contributed by atoms with Crippen LogP contribution in [-0.4, -0.2) is 23.0 Å². The van der Waals surface area contributed by atoms with Gasteiger partial charge in [-0.1, -0.05) is 6.58 Å². The molecule has 64 valence electrons. The van der Waals surface area contributed by atoms with Crippen molar-refractivity contribution in [3.8, 4) is 0 Å². The highest BCUT2D eigenvalue weighted by Crippen LogP contribution is 1.80. The summed E-state index contributed by atoms with van der Waals surface area (Å²) in [6.07, 6.45) is 1.03. The normalized spacial score (nSPS) is 10.6. The lowest BCUT2D eigenvalue weighted by Crippen LogP contribution is -2.37. The van der Waals surface area contributed by atoms with Crippen LogP contribution in [0.2, 0.25) is 0 Å². The van der Waals surface area contributed by atoms with Crippen LogP contribution in [0.5, 0.6) is 0 Å². The molecule has 1 atom stereocenters. The molecule has 0 unspecified atom stereocenters. The fourth-order valence-electron chi connectivity index (χ4n) is 0.334. The molecule has 11 heavy (non-hydrogen) atoms. The second kappa shape index (κ2) is 5.43. The highest BCUT2D eigenvalue weighted by molar-refractivity contribution is 5.90. The van der Waals surface area contributed by atoms with E-state index in [0.717, 1.165) is 6.08 Å². The van der Waals surface area contributed by atoms with Crippen LogP contribution in [0.3, 0.4) is 0 Å². The summed E-state index contributed by atoms with van der Waals surface area (Å²) in [5.41, 5.74) is 0. The van der Waals surface area contributed by atoms with Crippen molar-refractivity contribution in [2.45, 2.75) is 13.0 Å². The lowest BCUT2D eigenvalue weighted by Gasteiger charge is -2.04. The minimum atomic E-state index is -1.06. The number of carboxylic acid groups (broad SMARTS) is 1. The van der Waals surface area contributed by atoms with Crippen LogP contribution in [0.15, 0.2) is 12.7 Å². The SMILES string of the molecule is C=CC(=O)N[C@@H](C)C(=O)O.N. The van der Waals surface area contributed by atoms with E-state index in [2.05, 4.69) is 11.9 Å². The fourth-order valence-corrected chi connectivity index (χ4v) is 0.334. The largest absolute Gasteiger partial charge is 0.480 e. The number of amides is 1. The van der Waals surface area contributed by atoms with Crippen molar-refractivity contribution < 1.29 is 14.7 Å². The molecule has 0 aromatic heterocycles. The van der Waals surface area contributed by atoms with Crippen LogP contribution in [0.4, 0.5) is 0 Å². The molecule has 0 aromatic carbocycles. The molecular formula is C6H12N2O3. The molecule has 0 aliphatic carbocycles. The molecule has 0 aromatic rings. The first-order valence-electron chi connectivity index (χ1n) is 2.73. The van der Waals surface area contributed by atoms with Crippen molar-refractivity contribution in [3.63, 3.8) is 0 Å². The van der Waals surface area contributed by atoms with E-state index in [1.807, 2.05) is 0 Å².